The van der Waals surface area contributed by atoms with Gasteiger partial charge in [-0.05, 0) is 29.7 Å². The lowest BCUT2D eigenvalue weighted by Crippen LogP contribution is -2.22. The van der Waals surface area contributed by atoms with Gasteiger partial charge in [-0.2, -0.15) is 0 Å². The van der Waals surface area contributed by atoms with Crippen LogP contribution >= 0.6 is 0 Å². The topological polar surface area (TPSA) is 43.4 Å². The van der Waals surface area contributed by atoms with E-state index < -0.39 is 0 Å². The van der Waals surface area contributed by atoms with Gasteiger partial charge in [-0.1, -0.05) is 66.7 Å². The number of methoxy groups -OCH3 is 1. The summed E-state index contributed by atoms with van der Waals surface area (Å²) in [6.07, 6.45) is 0.981. The fraction of sp³-hybridized carbons (Fsp3) is 0.200. The Morgan fingerprint density at radius 1 is 0.964 bits per heavy atom. The Morgan fingerprint density at radius 3 is 2.32 bits per heavy atom. The van der Waals surface area contributed by atoms with Crippen LogP contribution in [-0.2, 0) is 6.42 Å². The highest BCUT2D eigenvalue weighted by molar-refractivity contribution is 6.03. The Hall–Kier alpha value is -3.20. The normalized spacial score (nSPS) is 16.5. The minimum absolute atomic E-state index is 0.0603. The van der Waals surface area contributed by atoms with Gasteiger partial charge in [0.05, 0.1) is 7.11 Å². The molecule has 1 aliphatic rings. The van der Waals surface area contributed by atoms with E-state index in [9.17, 15) is 9.59 Å². The van der Waals surface area contributed by atoms with Crippen LogP contribution in [0.4, 0.5) is 0 Å². The third kappa shape index (κ3) is 3.48. The van der Waals surface area contributed by atoms with Crippen molar-refractivity contribution in [2.45, 2.75) is 18.8 Å². The highest BCUT2D eigenvalue weighted by atomic mass is 16.5. The van der Waals surface area contributed by atoms with Crippen molar-refractivity contribution < 1.29 is 14.3 Å². The average Bonchev–Trinajstić information content (AvgIpc) is 3.09. The molecule has 0 saturated carbocycles. The number of ketones is 2. The average molecular weight is 370 g/mol. The third-order valence-corrected chi connectivity index (χ3v) is 5.59. The monoisotopic (exact) mass is 370 g/mol. The maximum Gasteiger partial charge on any atom is 0.167 e. The number of ether oxygens (including phenoxy) is 1. The van der Waals surface area contributed by atoms with Gasteiger partial charge in [0.1, 0.15) is 5.75 Å². The molecule has 3 heteroatoms. The molecule has 3 aromatic rings. The molecule has 1 aliphatic carbocycles. The van der Waals surface area contributed by atoms with Crippen LogP contribution in [0.2, 0.25) is 0 Å². The van der Waals surface area contributed by atoms with Crippen molar-refractivity contribution >= 4 is 11.6 Å². The Kier molecular flexibility index (Phi) is 5.07. The van der Waals surface area contributed by atoms with E-state index in [2.05, 4.69) is 0 Å². The maximum absolute atomic E-state index is 13.1. The van der Waals surface area contributed by atoms with E-state index in [-0.39, 0.29) is 23.4 Å². The molecule has 0 fully saturated rings. The SMILES string of the molecule is COc1ccc(C(CC(=O)c2ccccc2)C2Cc3ccccc3C2=O)cc1. The summed E-state index contributed by atoms with van der Waals surface area (Å²) in [4.78, 5) is 26.1. The zero-order chi connectivity index (χ0) is 19.5. The van der Waals surface area contributed by atoms with Crippen molar-refractivity contribution in [1.29, 1.82) is 0 Å². The molecule has 2 unspecified atom stereocenters. The van der Waals surface area contributed by atoms with E-state index in [1.165, 1.54) is 0 Å². The first-order chi connectivity index (χ1) is 13.7. The van der Waals surface area contributed by atoms with Gasteiger partial charge in [0, 0.05) is 29.4 Å². The second-order valence-corrected chi connectivity index (χ2v) is 7.20. The molecule has 2 atom stereocenters. The maximum atomic E-state index is 13.1. The molecule has 28 heavy (non-hydrogen) atoms. The molecule has 4 rings (SSSR count). The number of fused-ring (bicyclic) bond motifs is 1. The lowest BCUT2D eigenvalue weighted by Gasteiger charge is -2.23. The molecule has 0 radical (unpaired) electrons. The molecule has 140 valence electrons. The van der Waals surface area contributed by atoms with Crippen LogP contribution in [0.15, 0.2) is 78.9 Å². The van der Waals surface area contributed by atoms with Crippen molar-refractivity contribution in [3.8, 4) is 5.75 Å². The summed E-state index contributed by atoms with van der Waals surface area (Å²) in [6, 6.07) is 24.8. The minimum Gasteiger partial charge on any atom is -0.497 e. The second kappa shape index (κ2) is 7.81. The Labute approximate surface area is 165 Å². The third-order valence-electron chi connectivity index (χ3n) is 5.59. The number of carbonyl (C=O) groups excluding carboxylic acids is 2. The van der Waals surface area contributed by atoms with Crippen LogP contribution < -0.4 is 4.74 Å². The first kappa shape index (κ1) is 18.2. The first-order valence-corrected chi connectivity index (χ1v) is 9.51. The van der Waals surface area contributed by atoms with Gasteiger partial charge >= 0.3 is 0 Å². The smallest absolute Gasteiger partial charge is 0.167 e. The van der Waals surface area contributed by atoms with Crippen LogP contribution in [0.1, 0.15) is 44.2 Å². The van der Waals surface area contributed by atoms with Crippen LogP contribution in [0.3, 0.4) is 0 Å². The zero-order valence-electron chi connectivity index (χ0n) is 15.8. The molecular formula is C25H22O3. The molecule has 3 nitrogen and oxygen atoms in total. The highest BCUT2D eigenvalue weighted by Gasteiger charge is 2.37. The van der Waals surface area contributed by atoms with E-state index >= 15 is 0 Å². The quantitative estimate of drug-likeness (QED) is 0.567. The number of Topliss-reactive ketones (excluding diaryl/α,β-unsaturated/α-hetero) is 2. The number of hydrogen-bond donors (Lipinski definition) is 0. The van der Waals surface area contributed by atoms with Gasteiger partial charge in [-0.15, -0.1) is 0 Å². The zero-order valence-corrected chi connectivity index (χ0v) is 15.8. The summed E-state index contributed by atoms with van der Waals surface area (Å²) in [5, 5.41) is 0. The van der Waals surface area contributed by atoms with E-state index in [0.29, 0.717) is 18.4 Å². The molecule has 0 heterocycles. The van der Waals surface area contributed by atoms with E-state index in [4.69, 9.17) is 4.74 Å². The molecule has 0 bridgehead atoms. The lowest BCUT2D eigenvalue weighted by atomic mass is 9.79. The second-order valence-electron chi connectivity index (χ2n) is 7.20. The van der Waals surface area contributed by atoms with Gasteiger partial charge < -0.3 is 4.74 Å². The van der Waals surface area contributed by atoms with Crippen molar-refractivity contribution in [1.82, 2.24) is 0 Å². The molecule has 0 aromatic heterocycles. The fourth-order valence-corrected chi connectivity index (χ4v) is 4.08. The minimum atomic E-state index is -0.224. The fourth-order valence-electron chi connectivity index (χ4n) is 4.08. The van der Waals surface area contributed by atoms with Crippen LogP contribution in [0.5, 0.6) is 5.75 Å². The Bertz CT molecular complexity index is 990. The van der Waals surface area contributed by atoms with E-state index in [1.54, 1.807) is 7.11 Å². The number of benzene rings is 3. The van der Waals surface area contributed by atoms with Crippen molar-refractivity contribution in [3.05, 3.63) is 101 Å². The molecule has 0 aliphatic heterocycles. The van der Waals surface area contributed by atoms with E-state index in [1.807, 2.05) is 78.9 Å². The molecule has 0 N–H and O–H groups in total. The molecule has 0 spiro atoms. The largest absolute Gasteiger partial charge is 0.497 e. The Balaban J connectivity index is 1.67. The van der Waals surface area contributed by atoms with Gasteiger partial charge in [-0.3, -0.25) is 9.59 Å². The van der Waals surface area contributed by atoms with Gasteiger partial charge in [0.2, 0.25) is 0 Å². The highest BCUT2D eigenvalue weighted by Crippen LogP contribution is 2.39. The summed E-state index contributed by atoms with van der Waals surface area (Å²) < 4.78 is 5.26. The molecule has 0 amide bonds. The van der Waals surface area contributed by atoms with Crippen LogP contribution in [-0.4, -0.2) is 18.7 Å². The van der Waals surface area contributed by atoms with Crippen molar-refractivity contribution in [2.24, 2.45) is 5.92 Å². The predicted octanol–water partition coefficient (Wildman–Crippen LogP) is 5.11. The van der Waals surface area contributed by atoms with Gasteiger partial charge in [-0.25, -0.2) is 0 Å². The van der Waals surface area contributed by atoms with Crippen molar-refractivity contribution in [3.63, 3.8) is 0 Å². The van der Waals surface area contributed by atoms with Gasteiger partial charge in [0.15, 0.2) is 11.6 Å². The molecular weight excluding hydrogens is 348 g/mol. The number of hydrogen-bond acceptors (Lipinski definition) is 3. The number of carbonyl (C=O) groups is 2. The van der Waals surface area contributed by atoms with Crippen LogP contribution in [0.25, 0.3) is 0 Å². The first-order valence-electron chi connectivity index (χ1n) is 9.51. The van der Waals surface area contributed by atoms with Crippen molar-refractivity contribution in [2.75, 3.05) is 7.11 Å². The summed E-state index contributed by atoms with van der Waals surface area (Å²) in [6.45, 7) is 0. The molecule has 3 aromatic carbocycles. The summed E-state index contributed by atoms with van der Waals surface area (Å²) >= 11 is 0. The standard InChI is InChI=1S/C25H22O3/c1-28-20-13-11-17(12-14-20)22(16-24(26)18-7-3-2-4-8-18)23-15-19-9-5-6-10-21(19)25(23)27/h2-14,22-23H,15-16H2,1H3. The Morgan fingerprint density at radius 2 is 1.64 bits per heavy atom. The summed E-state index contributed by atoms with van der Waals surface area (Å²) in [5.41, 5.74) is 3.54. The molecule has 0 saturated heterocycles. The van der Waals surface area contributed by atoms with Crippen LogP contribution in [0, 0.1) is 5.92 Å². The summed E-state index contributed by atoms with van der Waals surface area (Å²) in [7, 11) is 1.63. The predicted molar refractivity (Wildman–Crippen MR) is 109 cm³/mol. The van der Waals surface area contributed by atoms with E-state index in [0.717, 1.165) is 22.4 Å². The number of rotatable bonds is 6. The lowest BCUT2D eigenvalue weighted by molar-refractivity contribution is 0.0892. The summed E-state index contributed by atoms with van der Waals surface area (Å²) in [5.74, 6) is 0.567. The van der Waals surface area contributed by atoms with Gasteiger partial charge in [0.25, 0.3) is 0 Å².